The second-order valence-electron chi connectivity index (χ2n) is 6.06. The molecule has 1 aliphatic carbocycles. The van der Waals surface area contributed by atoms with E-state index in [0.29, 0.717) is 18.9 Å². The predicted molar refractivity (Wildman–Crippen MR) is 75.7 cm³/mol. The molecule has 1 saturated carbocycles. The van der Waals surface area contributed by atoms with Crippen LogP contribution in [0.4, 0.5) is 0 Å². The molecule has 2 N–H and O–H groups in total. The first-order valence-electron chi connectivity index (χ1n) is 7.11. The standard InChI is InChI=1S/C14H27N3O2/c1-10(2)7-12(14(19)17(3)4)16-13(18)9-15-8-11-5-6-11/h10-12,15H,5-9H2,1-4H3,(H,16,18). The Bertz CT molecular complexity index is 312. The van der Waals surface area contributed by atoms with Crippen LogP contribution in [0.5, 0.6) is 0 Å². The summed E-state index contributed by atoms with van der Waals surface area (Å²) >= 11 is 0. The van der Waals surface area contributed by atoms with Gasteiger partial charge in [-0.3, -0.25) is 9.59 Å². The van der Waals surface area contributed by atoms with Crippen LogP contribution in [0.1, 0.15) is 33.1 Å². The van der Waals surface area contributed by atoms with Gasteiger partial charge < -0.3 is 15.5 Å². The molecule has 0 aromatic carbocycles. The lowest BCUT2D eigenvalue weighted by Crippen LogP contribution is -2.49. The summed E-state index contributed by atoms with van der Waals surface area (Å²) in [6.45, 7) is 5.30. The van der Waals surface area contributed by atoms with Crippen molar-refractivity contribution >= 4 is 11.8 Å². The maximum atomic E-state index is 12.0. The van der Waals surface area contributed by atoms with Crippen molar-refractivity contribution < 1.29 is 9.59 Å². The summed E-state index contributed by atoms with van der Waals surface area (Å²) in [7, 11) is 3.43. The molecule has 5 nitrogen and oxygen atoms in total. The average molecular weight is 269 g/mol. The Morgan fingerprint density at radius 1 is 1.26 bits per heavy atom. The van der Waals surface area contributed by atoms with Crippen LogP contribution in [-0.2, 0) is 9.59 Å². The highest BCUT2D eigenvalue weighted by molar-refractivity contribution is 5.88. The van der Waals surface area contributed by atoms with Crippen LogP contribution in [0.3, 0.4) is 0 Å². The zero-order valence-corrected chi connectivity index (χ0v) is 12.5. The van der Waals surface area contributed by atoms with Gasteiger partial charge in [-0.15, -0.1) is 0 Å². The van der Waals surface area contributed by atoms with Crippen molar-refractivity contribution in [3.63, 3.8) is 0 Å². The first-order chi connectivity index (χ1) is 8.90. The van der Waals surface area contributed by atoms with Gasteiger partial charge in [0.25, 0.3) is 0 Å². The number of nitrogens with zero attached hydrogens (tertiary/aromatic N) is 1. The molecule has 1 rings (SSSR count). The summed E-state index contributed by atoms with van der Waals surface area (Å²) in [5.74, 6) is 0.988. The highest BCUT2D eigenvalue weighted by Crippen LogP contribution is 2.27. The van der Waals surface area contributed by atoms with Crippen LogP contribution in [0.25, 0.3) is 0 Å². The fourth-order valence-electron chi connectivity index (χ4n) is 1.96. The van der Waals surface area contributed by atoms with E-state index in [-0.39, 0.29) is 11.8 Å². The lowest BCUT2D eigenvalue weighted by atomic mass is 10.0. The minimum Gasteiger partial charge on any atom is -0.347 e. The number of hydrogen-bond donors (Lipinski definition) is 2. The van der Waals surface area contributed by atoms with Crippen molar-refractivity contribution in [2.45, 2.75) is 39.2 Å². The van der Waals surface area contributed by atoms with Crippen LogP contribution in [0.2, 0.25) is 0 Å². The van der Waals surface area contributed by atoms with E-state index >= 15 is 0 Å². The number of carbonyl (C=O) groups excluding carboxylic acids is 2. The van der Waals surface area contributed by atoms with Crippen LogP contribution in [0.15, 0.2) is 0 Å². The van der Waals surface area contributed by atoms with Gasteiger partial charge >= 0.3 is 0 Å². The molecule has 19 heavy (non-hydrogen) atoms. The van der Waals surface area contributed by atoms with E-state index in [1.54, 1.807) is 14.1 Å². The Balaban J connectivity index is 2.36. The van der Waals surface area contributed by atoms with E-state index in [1.807, 2.05) is 13.8 Å². The Morgan fingerprint density at radius 3 is 2.37 bits per heavy atom. The van der Waals surface area contributed by atoms with E-state index in [1.165, 1.54) is 17.7 Å². The molecule has 1 atom stereocenters. The van der Waals surface area contributed by atoms with E-state index in [2.05, 4.69) is 10.6 Å². The molecule has 0 radical (unpaired) electrons. The molecule has 2 amide bonds. The van der Waals surface area contributed by atoms with E-state index in [0.717, 1.165) is 12.5 Å². The van der Waals surface area contributed by atoms with Gasteiger partial charge in [0.15, 0.2) is 0 Å². The number of rotatable bonds is 8. The van der Waals surface area contributed by atoms with Crippen molar-refractivity contribution in [2.75, 3.05) is 27.2 Å². The third-order valence-electron chi connectivity index (χ3n) is 3.20. The molecule has 0 aromatic heterocycles. The van der Waals surface area contributed by atoms with E-state index < -0.39 is 6.04 Å². The first kappa shape index (κ1) is 16.0. The van der Waals surface area contributed by atoms with Gasteiger partial charge in [-0.1, -0.05) is 13.8 Å². The topological polar surface area (TPSA) is 61.4 Å². The molecule has 0 aliphatic heterocycles. The predicted octanol–water partition coefficient (Wildman–Crippen LogP) is 0.605. The first-order valence-corrected chi connectivity index (χ1v) is 7.11. The molecule has 1 fully saturated rings. The van der Waals surface area contributed by atoms with E-state index in [9.17, 15) is 9.59 Å². The number of hydrogen-bond acceptors (Lipinski definition) is 3. The largest absolute Gasteiger partial charge is 0.347 e. The SMILES string of the molecule is CC(C)CC(NC(=O)CNCC1CC1)C(=O)N(C)C. The van der Waals surface area contributed by atoms with Crippen LogP contribution < -0.4 is 10.6 Å². The molecule has 0 aromatic rings. The molecule has 0 bridgehead atoms. The molecule has 0 saturated heterocycles. The molecule has 1 unspecified atom stereocenters. The van der Waals surface area contributed by atoms with Crippen molar-refractivity contribution in [3.8, 4) is 0 Å². The molecular weight excluding hydrogens is 242 g/mol. The Morgan fingerprint density at radius 2 is 1.89 bits per heavy atom. The molecule has 0 heterocycles. The zero-order chi connectivity index (χ0) is 14.4. The Labute approximate surface area is 116 Å². The normalized spacial score (nSPS) is 16.3. The number of carbonyl (C=O) groups is 2. The maximum absolute atomic E-state index is 12.0. The highest BCUT2D eigenvalue weighted by Gasteiger charge is 2.24. The van der Waals surface area contributed by atoms with Crippen LogP contribution >= 0.6 is 0 Å². The summed E-state index contributed by atoms with van der Waals surface area (Å²) in [6.07, 6.45) is 3.21. The van der Waals surface area contributed by atoms with Crippen molar-refractivity contribution in [1.82, 2.24) is 15.5 Å². The van der Waals surface area contributed by atoms with Gasteiger partial charge in [0, 0.05) is 14.1 Å². The lowest BCUT2D eigenvalue weighted by Gasteiger charge is -2.23. The summed E-state index contributed by atoms with van der Waals surface area (Å²) in [5, 5.41) is 5.97. The quantitative estimate of drug-likeness (QED) is 0.678. The smallest absolute Gasteiger partial charge is 0.244 e. The second kappa shape index (κ2) is 7.48. The number of nitrogens with one attached hydrogen (secondary N) is 2. The molecule has 5 heteroatoms. The lowest BCUT2D eigenvalue weighted by molar-refractivity contribution is -0.134. The monoisotopic (exact) mass is 269 g/mol. The number of likely N-dealkylation sites (N-methyl/N-ethyl adjacent to an activating group) is 1. The van der Waals surface area contributed by atoms with Crippen molar-refractivity contribution in [3.05, 3.63) is 0 Å². The van der Waals surface area contributed by atoms with Gasteiger partial charge in [-0.05, 0) is 37.6 Å². The molecular formula is C14H27N3O2. The zero-order valence-electron chi connectivity index (χ0n) is 12.5. The van der Waals surface area contributed by atoms with Crippen LogP contribution in [0, 0.1) is 11.8 Å². The molecule has 0 spiro atoms. The van der Waals surface area contributed by atoms with Crippen molar-refractivity contribution in [2.24, 2.45) is 11.8 Å². The second-order valence-corrected chi connectivity index (χ2v) is 6.06. The fourth-order valence-corrected chi connectivity index (χ4v) is 1.96. The summed E-state index contributed by atoms with van der Waals surface area (Å²) < 4.78 is 0. The Hall–Kier alpha value is -1.10. The number of amides is 2. The Kier molecular flexibility index (Phi) is 6.28. The summed E-state index contributed by atoms with van der Waals surface area (Å²) in [4.78, 5) is 25.3. The van der Waals surface area contributed by atoms with Gasteiger partial charge in [0.2, 0.25) is 11.8 Å². The summed E-state index contributed by atoms with van der Waals surface area (Å²) in [5.41, 5.74) is 0. The highest BCUT2D eigenvalue weighted by atomic mass is 16.2. The minimum atomic E-state index is -0.412. The average Bonchev–Trinajstić information content (AvgIpc) is 3.10. The molecule has 110 valence electrons. The third kappa shape index (κ3) is 6.57. The van der Waals surface area contributed by atoms with Gasteiger partial charge in [0.1, 0.15) is 6.04 Å². The fraction of sp³-hybridized carbons (Fsp3) is 0.857. The minimum absolute atomic E-state index is 0.0377. The summed E-state index contributed by atoms with van der Waals surface area (Å²) in [6, 6.07) is -0.412. The van der Waals surface area contributed by atoms with Gasteiger partial charge in [-0.2, -0.15) is 0 Å². The van der Waals surface area contributed by atoms with Crippen molar-refractivity contribution in [1.29, 1.82) is 0 Å². The van der Waals surface area contributed by atoms with Gasteiger partial charge in [0.05, 0.1) is 6.54 Å². The van der Waals surface area contributed by atoms with Crippen LogP contribution in [-0.4, -0.2) is 49.9 Å². The van der Waals surface area contributed by atoms with E-state index in [4.69, 9.17) is 0 Å². The molecule has 1 aliphatic rings. The third-order valence-corrected chi connectivity index (χ3v) is 3.20. The maximum Gasteiger partial charge on any atom is 0.244 e. The van der Waals surface area contributed by atoms with Gasteiger partial charge in [-0.25, -0.2) is 0 Å².